The molecular formula is C14H15N3O. The van der Waals surface area contributed by atoms with E-state index < -0.39 is 0 Å². The lowest BCUT2D eigenvalue weighted by Crippen LogP contribution is -1.97. The molecular weight excluding hydrogens is 226 g/mol. The van der Waals surface area contributed by atoms with E-state index in [1.54, 1.807) is 12.4 Å². The third-order valence-electron chi connectivity index (χ3n) is 2.27. The molecule has 2 rings (SSSR count). The number of anilines is 1. The molecule has 1 N–H and O–H groups in total. The maximum absolute atomic E-state index is 5.51. The van der Waals surface area contributed by atoms with E-state index >= 15 is 0 Å². The Hall–Kier alpha value is -2.36. The van der Waals surface area contributed by atoms with Crippen LogP contribution in [0.25, 0.3) is 0 Å². The van der Waals surface area contributed by atoms with Crippen molar-refractivity contribution >= 4 is 12.0 Å². The van der Waals surface area contributed by atoms with Gasteiger partial charge in [0.25, 0.3) is 0 Å². The van der Waals surface area contributed by atoms with Crippen molar-refractivity contribution in [2.75, 3.05) is 12.0 Å². The predicted octanol–water partition coefficient (Wildman–Crippen LogP) is 2.93. The molecule has 1 aromatic heterocycles. The number of hydrogen-bond donors (Lipinski definition) is 1. The van der Waals surface area contributed by atoms with Crippen LogP contribution in [0.3, 0.4) is 0 Å². The van der Waals surface area contributed by atoms with Gasteiger partial charge in [-0.3, -0.25) is 5.43 Å². The van der Waals surface area contributed by atoms with Crippen LogP contribution in [0.15, 0.2) is 53.8 Å². The average molecular weight is 241 g/mol. The Bertz CT molecular complexity index is 511. The maximum atomic E-state index is 5.51. The highest BCUT2D eigenvalue weighted by atomic mass is 16.5. The van der Waals surface area contributed by atoms with Crippen molar-refractivity contribution in [1.29, 1.82) is 0 Å². The van der Waals surface area contributed by atoms with E-state index in [9.17, 15) is 0 Å². The smallest absolute Gasteiger partial charge is 0.146 e. The quantitative estimate of drug-likeness (QED) is 0.646. The highest BCUT2D eigenvalue weighted by Gasteiger charge is 1.98. The number of benzene rings is 1. The summed E-state index contributed by atoms with van der Waals surface area (Å²) < 4.78 is 5.51. The molecule has 0 saturated carbocycles. The summed E-state index contributed by atoms with van der Waals surface area (Å²) in [6.07, 6.45) is 3.44. The Kier molecular flexibility index (Phi) is 4.30. The summed E-state index contributed by atoms with van der Waals surface area (Å²) in [7, 11) is 0. The van der Waals surface area contributed by atoms with Gasteiger partial charge in [-0.2, -0.15) is 5.10 Å². The fourth-order valence-corrected chi connectivity index (χ4v) is 1.47. The second kappa shape index (κ2) is 6.39. The minimum atomic E-state index is 0.637. The lowest BCUT2D eigenvalue weighted by atomic mass is 10.2. The first kappa shape index (κ1) is 12.1. The maximum Gasteiger partial charge on any atom is 0.146 e. The monoisotopic (exact) mass is 241 g/mol. The van der Waals surface area contributed by atoms with Gasteiger partial charge < -0.3 is 4.74 Å². The number of para-hydroxylation sites is 1. The zero-order valence-electron chi connectivity index (χ0n) is 10.2. The molecule has 4 nitrogen and oxygen atoms in total. The molecule has 0 aliphatic rings. The summed E-state index contributed by atoms with van der Waals surface area (Å²) in [5.41, 5.74) is 3.80. The molecule has 2 aromatic rings. The number of nitrogens with zero attached hydrogens (tertiary/aromatic N) is 2. The second-order valence-corrected chi connectivity index (χ2v) is 3.56. The highest BCUT2D eigenvalue weighted by Crippen LogP contribution is 2.15. The molecule has 0 radical (unpaired) electrons. The Morgan fingerprint density at radius 2 is 2.06 bits per heavy atom. The lowest BCUT2D eigenvalue weighted by molar-refractivity contribution is 0.340. The van der Waals surface area contributed by atoms with Gasteiger partial charge in [0.15, 0.2) is 0 Å². The van der Waals surface area contributed by atoms with Crippen LogP contribution < -0.4 is 10.2 Å². The Morgan fingerprint density at radius 1 is 1.22 bits per heavy atom. The first-order valence-corrected chi connectivity index (χ1v) is 5.82. The van der Waals surface area contributed by atoms with Gasteiger partial charge in [0.2, 0.25) is 0 Å². The predicted molar refractivity (Wildman–Crippen MR) is 73.1 cm³/mol. The first-order valence-electron chi connectivity index (χ1n) is 5.82. The Labute approximate surface area is 106 Å². The SMILES string of the molecule is CCOc1ccccc1/C=N\Nc1ccccn1. The van der Waals surface area contributed by atoms with Gasteiger partial charge >= 0.3 is 0 Å². The van der Waals surface area contributed by atoms with E-state index in [1.165, 1.54) is 0 Å². The first-order chi connectivity index (χ1) is 8.90. The van der Waals surface area contributed by atoms with E-state index in [-0.39, 0.29) is 0 Å². The summed E-state index contributed by atoms with van der Waals surface area (Å²) in [6.45, 7) is 2.60. The van der Waals surface area contributed by atoms with Crippen LogP contribution in [-0.4, -0.2) is 17.8 Å². The van der Waals surface area contributed by atoms with Crippen molar-refractivity contribution in [3.63, 3.8) is 0 Å². The molecule has 0 aliphatic carbocycles. The van der Waals surface area contributed by atoms with Crippen LogP contribution in [0.2, 0.25) is 0 Å². The normalized spacial score (nSPS) is 10.5. The molecule has 0 amide bonds. The zero-order valence-corrected chi connectivity index (χ0v) is 10.2. The average Bonchev–Trinajstić information content (AvgIpc) is 2.42. The summed E-state index contributed by atoms with van der Waals surface area (Å²) in [4.78, 5) is 4.11. The third kappa shape index (κ3) is 3.31. The van der Waals surface area contributed by atoms with E-state index in [0.717, 1.165) is 11.3 Å². The molecule has 0 fully saturated rings. The lowest BCUT2D eigenvalue weighted by Gasteiger charge is -2.05. The number of ether oxygens (including phenoxy) is 1. The van der Waals surface area contributed by atoms with Gasteiger partial charge in [0.05, 0.1) is 12.8 Å². The minimum absolute atomic E-state index is 0.637. The number of aromatic nitrogens is 1. The fraction of sp³-hybridized carbons (Fsp3) is 0.143. The summed E-state index contributed by atoms with van der Waals surface area (Å²) in [6, 6.07) is 13.4. The number of pyridine rings is 1. The molecule has 0 spiro atoms. The molecule has 4 heteroatoms. The van der Waals surface area contributed by atoms with Crippen molar-refractivity contribution in [3.8, 4) is 5.75 Å². The summed E-state index contributed by atoms with van der Waals surface area (Å²) in [5.74, 6) is 1.54. The Morgan fingerprint density at radius 3 is 2.83 bits per heavy atom. The summed E-state index contributed by atoms with van der Waals surface area (Å²) in [5, 5.41) is 4.14. The van der Waals surface area contributed by atoms with Gasteiger partial charge in [-0.25, -0.2) is 4.98 Å². The van der Waals surface area contributed by atoms with Gasteiger partial charge in [-0.15, -0.1) is 0 Å². The van der Waals surface area contributed by atoms with E-state index in [0.29, 0.717) is 12.4 Å². The van der Waals surface area contributed by atoms with Crippen LogP contribution in [0.4, 0.5) is 5.82 Å². The molecule has 0 unspecified atom stereocenters. The van der Waals surface area contributed by atoms with Crippen molar-refractivity contribution in [2.24, 2.45) is 5.10 Å². The number of nitrogens with one attached hydrogen (secondary N) is 1. The number of hydrazone groups is 1. The topological polar surface area (TPSA) is 46.5 Å². The second-order valence-electron chi connectivity index (χ2n) is 3.56. The number of rotatable bonds is 5. The molecule has 0 aliphatic heterocycles. The third-order valence-corrected chi connectivity index (χ3v) is 2.27. The van der Waals surface area contributed by atoms with Crippen molar-refractivity contribution in [1.82, 2.24) is 4.98 Å². The van der Waals surface area contributed by atoms with Gasteiger partial charge in [0.1, 0.15) is 11.6 Å². The molecule has 0 saturated heterocycles. The fourth-order valence-electron chi connectivity index (χ4n) is 1.47. The largest absolute Gasteiger partial charge is 0.493 e. The molecule has 92 valence electrons. The van der Waals surface area contributed by atoms with Crippen molar-refractivity contribution in [2.45, 2.75) is 6.92 Å². The van der Waals surface area contributed by atoms with Crippen LogP contribution in [0, 0.1) is 0 Å². The van der Waals surface area contributed by atoms with Crippen LogP contribution >= 0.6 is 0 Å². The molecule has 18 heavy (non-hydrogen) atoms. The van der Waals surface area contributed by atoms with Crippen molar-refractivity contribution < 1.29 is 4.74 Å². The van der Waals surface area contributed by atoms with Crippen LogP contribution in [-0.2, 0) is 0 Å². The highest BCUT2D eigenvalue weighted by molar-refractivity contribution is 5.83. The standard InChI is InChI=1S/C14H15N3O/c1-2-18-13-8-4-3-7-12(13)11-16-17-14-9-5-6-10-15-14/h3-11H,2H2,1H3,(H,15,17)/b16-11-. The van der Waals surface area contributed by atoms with E-state index in [2.05, 4.69) is 15.5 Å². The summed E-state index contributed by atoms with van der Waals surface area (Å²) >= 11 is 0. The van der Waals surface area contributed by atoms with Crippen LogP contribution in [0.1, 0.15) is 12.5 Å². The molecule has 0 bridgehead atoms. The number of hydrogen-bond acceptors (Lipinski definition) is 4. The van der Waals surface area contributed by atoms with Crippen molar-refractivity contribution in [3.05, 3.63) is 54.2 Å². The Balaban J connectivity index is 2.05. The zero-order chi connectivity index (χ0) is 12.6. The van der Waals surface area contributed by atoms with Gasteiger partial charge in [0, 0.05) is 11.8 Å². The van der Waals surface area contributed by atoms with Gasteiger partial charge in [-0.1, -0.05) is 18.2 Å². The van der Waals surface area contributed by atoms with E-state index in [4.69, 9.17) is 4.74 Å². The van der Waals surface area contributed by atoms with Crippen LogP contribution in [0.5, 0.6) is 5.75 Å². The van der Waals surface area contributed by atoms with E-state index in [1.807, 2.05) is 49.4 Å². The molecule has 1 heterocycles. The minimum Gasteiger partial charge on any atom is -0.493 e. The molecule has 0 atom stereocenters. The molecule has 1 aromatic carbocycles. The van der Waals surface area contributed by atoms with Gasteiger partial charge in [-0.05, 0) is 31.2 Å².